The smallest absolute Gasteiger partial charge is 0.160 e. The van der Waals surface area contributed by atoms with E-state index in [1.165, 1.54) is 25.7 Å². The van der Waals surface area contributed by atoms with Gasteiger partial charge in [0.25, 0.3) is 0 Å². The number of imidazole rings is 1. The van der Waals surface area contributed by atoms with Crippen LogP contribution in [0.25, 0.3) is 11.2 Å². The first-order chi connectivity index (χ1) is 9.70. The molecule has 1 fully saturated rings. The highest BCUT2D eigenvalue weighted by atomic mass is 35.5. The molecule has 0 spiro atoms. The van der Waals surface area contributed by atoms with Gasteiger partial charge in [-0.3, -0.25) is 0 Å². The van der Waals surface area contributed by atoms with Gasteiger partial charge in [-0.15, -0.1) is 11.6 Å². The molecule has 3 rings (SSSR count). The minimum Gasteiger partial charge on any atom is -0.310 e. The molecule has 1 atom stereocenters. The summed E-state index contributed by atoms with van der Waals surface area (Å²) in [5, 5.41) is 0. The number of aryl methyl sites for hydroxylation is 2. The molecule has 1 saturated carbocycles. The summed E-state index contributed by atoms with van der Waals surface area (Å²) in [6.07, 6.45) is 6.19. The van der Waals surface area contributed by atoms with Crippen molar-refractivity contribution in [2.75, 3.05) is 5.88 Å². The summed E-state index contributed by atoms with van der Waals surface area (Å²) < 4.78 is 2.35. The van der Waals surface area contributed by atoms with Crippen LogP contribution in [0, 0.1) is 12.8 Å². The summed E-state index contributed by atoms with van der Waals surface area (Å²) in [4.78, 5) is 9.48. The molecule has 1 aliphatic carbocycles. The molecule has 108 valence electrons. The fraction of sp³-hybridized carbons (Fsp3) is 0.625. The van der Waals surface area contributed by atoms with Crippen LogP contribution >= 0.6 is 11.6 Å². The molecule has 2 aromatic rings. The first-order valence-corrected chi connectivity index (χ1v) is 8.14. The average Bonchev–Trinajstić information content (AvgIpc) is 3.05. The number of hydrogen-bond acceptors (Lipinski definition) is 2. The number of nitrogens with zero attached hydrogens (tertiary/aromatic N) is 3. The van der Waals surface area contributed by atoms with E-state index in [-0.39, 0.29) is 0 Å². The predicted octanol–water partition coefficient (Wildman–Crippen LogP) is 4.27. The molecule has 4 heteroatoms. The van der Waals surface area contributed by atoms with Crippen molar-refractivity contribution in [1.29, 1.82) is 0 Å². The number of fused-ring (bicyclic) bond motifs is 1. The molecule has 0 amide bonds. The van der Waals surface area contributed by atoms with Crippen molar-refractivity contribution in [3.63, 3.8) is 0 Å². The van der Waals surface area contributed by atoms with E-state index in [9.17, 15) is 0 Å². The minimum absolute atomic E-state index is 0.468. The van der Waals surface area contributed by atoms with Crippen LogP contribution in [0.2, 0.25) is 0 Å². The number of halogens is 1. The summed E-state index contributed by atoms with van der Waals surface area (Å²) in [5.41, 5.74) is 3.08. The molecule has 1 aliphatic rings. The topological polar surface area (TPSA) is 30.7 Å². The second kappa shape index (κ2) is 5.72. The summed E-state index contributed by atoms with van der Waals surface area (Å²) >= 11 is 5.96. The Kier molecular flexibility index (Phi) is 3.97. The Morgan fingerprint density at radius 2 is 2.05 bits per heavy atom. The van der Waals surface area contributed by atoms with Crippen molar-refractivity contribution in [3.05, 3.63) is 23.7 Å². The van der Waals surface area contributed by atoms with Gasteiger partial charge in [-0.2, -0.15) is 0 Å². The first-order valence-electron chi connectivity index (χ1n) is 7.61. The minimum atomic E-state index is 0.468. The van der Waals surface area contributed by atoms with Crippen molar-refractivity contribution in [2.45, 2.75) is 52.0 Å². The summed E-state index contributed by atoms with van der Waals surface area (Å²) in [6, 6.07) is 4.58. The number of alkyl halides is 1. The Hall–Kier alpha value is -1.09. The van der Waals surface area contributed by atoms with Gasteiger partial charge in [0.2, 0.25) is 0 Å². The molecule has 0 radical (unpaired) electrons. The van der Waals surface area contributed by atoms with Crippen LogP contribution in [0.5, 0.6) is 0 Å². The lowest BCUT2D eigenvalue weighted by Crippen LogP contribution is -2.17. The van der Waals surface area contributed by atoms with Crippen LogP contribution in [-0.4, -0.2) is 20.4 Å². The van der Waals surface area contributed by atoms with Gasteiger partial charge in [-0.1, -0.05) is 12.8 Å². The van der Waals surface area contributed by atoms with E-state index >= 15 is 0 Å². The van der Waals surface area contributed by atoms with Gasteiger partial charge in [0, 0.05) is 24.0 Å². The average molecular weight is 292 g/mol. The maximum atomic E-state index is 5.96. The van der Waals surface area contributed by atoms with Gasteiger partial charge in [0.05, 0.1) is 0 Å². The van der Waals surface area contributed by atoms with E-state index in [4.69, 9.17) is 21.6 Å². The SMILES string of the molecule is Cc1ccc2nc(CCCl)n(C(C)C3CCCC3)c2n1. The van der Waals surface area contributed by atoms with Gasteiger partial charge >= 0.3 is 0 Å². The molecule has 3 nitrogen and oxygen atoms in total. The van der Waals surface area contributed by atoms with E-state index in [1.807, 2.05) is 13.0 Å². The molecule has 20 heavy (non-hydrogen) atoms. The van der Waals surface area contributed by atoms with Crippen molar-refractivity contribution in [3.8, 4) is 0 Å². The van der Waals surface area contributed by atoms with Gasteiger partial charge < -0.3 is 4.57 Å². The standard InChI is InChI=1S/C16H22ClN3/c1-11-7-8-14-16(18-11)20(15(19-14)9-10-17)12(2)13-5-3-4-6-13/h7-8,12-13H,3-6,9-10H2,1-2H3. The van der Waals surface area contributed by atoms with Gasteiger partial charge in [0.1, 0.15) is 11.3 Å². The quantitative estimate of drug-likeness (QED) is 0.788. The molecular formula is C16H22ClN3. The van der Waals surface area contributed by atoms with Crippen LogP contribution in [0.3, 0.4) is 0 Å². The highest BCUT2D eigenvalue weighted by Gasteiger charge is 2.26. The summed E-state index contributed by atoms with van der Waals surface area (Å²) in [5.74, 6) is 2.45. The molecule has 1 unspecified atom stereocenters. The third-order valence-corrected chi connectivity index (χ3v) is 4.75. The van der Waals surface area contributed by atoms with E-state index < -0.39 is 0 Å². The zero-order valence-corrected chi connectivity index (χ0v) is 13.0. The maximum absolute atomic E-state index is 5.96. The summed E-state index contributed by atoms with van der Waals surface area (Å²) in [7, 11) is 0. The van der Waals surface area contributed by atoms with E-state index in [0.29, 0.717) is 11.9 Å². The molecule has 2 aromatic heterocycles. The molecule has 2 heterocycles. The largest absolute Gasteiger partial charge is 0.310 e. The van der Waals surface area contributed by atoms with E-state index in [2.05, 4.69) is 17.6 Å². The Bertz CT molecular complexity index is 599. The first kappa shape index (κ1) is 13.9. The van der Waals surface area contributed by atoms with Crippen molar-refractivity contribution >= 4 is 22.8 Å². The van der Waals surface area contributed by atoms with Crippen LogP contribution in [0.1, 0.15) is 50.2 Å². The van der Waals surface area contributed by atoms with E-state index in [1.54, 1.807) is 0 Å². The second-order valence-electron chi connectivity index (χ2n) is 5.92. The zero-order chi connectivity index (χ0) is 14.1. The van der Waals surface area contributed by atoms with Crippen molar-refractivity contribution in [2.24, 2.45) is 5.92 Å². The Morgan fingerprint density at radius 1 is 1.30 bits per heavy atom. The van der Waals surface area contributed by atoms with Crippen LogP contribution in [-0.2, 0) is 6.42 Å². The fourth-order valence-corrected chi connectivity index (χ4v) is 3.62. The second-order valence-corrected chi connectivity index (χ2v) is 6.30. The van der Waals surface area contributed by atoms with Crippen LogP contribution in [0.4, 0.5) is 0 Å². The predicted molar refractivity (Wildman–Crippen MR) is 83.4 cm³/mol. The lowest BCUT2D eigenvalue weighted by atomic mass is 9.99. The van der Waals surface area contributed by atoms with Gasteiger partial charge in [0.15, 0.2) is 5.65 Å². The molecule has 0 aliphatic heterocycles. The normalized spacial score (nSPS) is 17.9. The molecule has 0 saturated heterocycles. The molecular weight excluding hydrogens is 270 g/mol. The highest BCUT2D eigenvalue weighted by Crippen LogP contribution is 2.36. The number of rotatable bonds is 4. The van der Waals surface area contributed by atoms with Crippen molar-refractivity contribution in [1.82, 2.24) is 14.5 Å². The molecule has 0 bridgehead atoms. The van der Waals surface area contributed by atoms with Gasteiger partial charge in [-0.05, 0) is 44.7 Å². The number of hydrogen-bond donors (Lipinski definition) is 0. The third kappa shape index (κ3) is 2.44. The lowest BCUT2D eigenvalue weighted by Gasteiger charge is -2.23. The van der Waals surface area contributed by atoms with Crippen LogP contribution in [0.15, 0.2) is 12.1 Å². The molecule has 0 N–H and O–H groups in total. The number of aromatic nitrogens is 3. The van der Waals surface area contributed by atoms with Crippen molar-refractivity contribution < 1.29 is 0 Å². The lowest BCUT2D eigenvalue weighted by molar-refractivity contribution is 0.359. The van der Waals surface area contributed by atoms with E-state index in [0.717, 1.165) is 35.0 Å². The zero-order valence-electron chi connectivity index (χ0n) is 12.3. The third-order valence-electron chi connectivity index (χ3n) is 4.56. The fourth-order valence-electron chi connectivity index (χ4n) is 3.45. The summed E-state index contributed by atoms with van der Waals surface area (Å²) in [6.45, 7) is 4.36. The Balaban J connectivity index is 2.09. The maximum Gasteiger partial charge on any atom is 0.160 e. The van der Waals surface area contributed by atoms with Crippen LogP contribution < -0.4 is 0 Å². The highest BCUT2D eigenvalue weighted by molar-refractivity contribution is 6.17. The molecule has 0 aromatic carbocycles. The Morgan fingerprint density at radius 3 is 2.75 bits per heavy atom. The number of pyridine rings is 1. The van der Waals surface area contributed by atoms with Gasteiger partial charge in [-0.25, -0.2) is 9.97 Å². The Labute approximate surface area is 125 Å². The monoisotopic (exact) mass is 291 g/mol.